The lowest BCUT2D eigenvalue weighted by Crippen LogP contribution is -2.45. The normalized spacial score (nSPS) is 26.3. The molecule has 1 saturated heterocycles. The van der Waals surface area contributed by atoms with Gasteiger partial charge in [-0.2, -0.15) is 5.10 Å². The van der Waals surface area contributed by atoms with E-state index >= 15 is 0 Å². The number of hydrogen-bond donors (Lipinski definition) is 2. The Kier molecular flexibility index (Phi) is 3.62. The van der Waals surface area contributed by atoms with Gasteiger partial charge in [0.25, 0.3) is 0 Å². The summed E-state index contributed by atoms with van der Waals surface area (Å²) in [6.45, 7) is 0.430. The van der Waals surface area contributed by atoms with Crippen molar-refractivity contribution in [3.63, 3.8) is 0 Å². The molecule has 23 heavy (non-hydrogen) atoms. The van der Waals surface area contributed by atoms with Crippen molar-refractivity contribution < 1.29 is 14.3 Å². The third-order valence-corrected chi connectivity index (χ3v) is 5.44. The standard InChI is InChI=1S/C17H23N3O3/c21-15-9-13(17(23-15)6-2-1-3-7-17)16(22)18-10-12-8-14(20-19-12)11-4-5-11/h8,11,13H,1-7,9-10H2,(H,18,22)(H,19,20). The molecule has 1 atom stereocenters. The summed E-state index contributed by atoms with van der Waals surface area (Å²) in [7, 11) is 0. The smallest absolute Gasteiger partial charge is 0.307 e. The van der Waals surface area contributed by atoms with Gasteiger partial charge in [0, 0.05) is 5.92 Å². The number of carbonyl (C=O) groups is 2. The Morgan fingerprint density at radius 1 is 1.35 bits per heavy atom. The molecule has 1 spiro atoms. The van der Waals surface area contributed by atoms with Crippen LogP contribution in [0.25, 0.3) is 0 Å². The highest BCUT2D eigenvalue weighted by Gasteiger charge is 2.52. The summed E-state index contributed by atoms with van der Waals surface area (Å²) in [5.74, 6) is -0.0480. The molecule has 2 saturated carbocycles. The maximum atomic E-state index is 12.6. The maximum absolute atomic E-state index is 12.6. The highest BCUT2D eigenvalue weighted by Crippen LogP contribution is 2.44. The van der Waals surface area contributed by atoms with E-state index in [-0.39, 0.29) is 24.2 Å². The van der Waals surface area contributed by atoms with Crippen molar-refractivity contribution in [2.75, 3.05) is 0 Å². The second kappa shape index (κ2) is 5.65. The minimum atomic E-state index is -0.549. The lowest BCUT2D eigenvalue weighted by atomic mass is 9.75. The van der Waals surface area contributed by atoms with Gasteiger partial charge in [0.15, 0.2) is 0 Å². The van der Waals surface area contributed by atoms with Crippen LogP contribution in [-0.2, 0) is 20.9 Å². The number of H-pyrrole nitrogens is 1. The average Bonchev–Trinajstić information content (AvgIpc) is 3.21. The Hall–Kier alpha value is -1.85. The van der Waals surface area contributed by atoms with E-state index in [9.17, 15) is 9.59 Å². The summed E-state index contributed by atoms with van der Waals surface area (Å²) in [6, 6.07) is 2.03. The molecule has 1 aromatic rings. The number of esters is 1. The molecule has 1 unspecified atom stereocenters. The molecule has 0 bridgehead atoms. The Morgan fingerprint density at radius 2 is 2.13 bits per heavy atom. The molecule has 1 aromatic heterocycles. The molecule has 2 heterocycles. The fraction of sp³-hybridized carbons (Fsp3) is 0.706. The van der Waals surface area contributed by atoms with Gasteiger partial charge in [-0.25, -0.2) is 0 Å². The van der Waals surface area contributed by atoms with E-state index in [0.29, 0.717) is 12.5 Å². The van der Waals surface area contributed by atoms with Gasteiger partial charge in [-0.15, -0.1) is 0 Å². The molecule has 2 N–H and O–H groups in total. The van der Waals surface area contributed by atoms with Gasteiger partial charge in [-0.3, -0.25) is 14.7 Å². The zero-order valence-corrected chi connectivity index (χ0v) is 13.3. The van der Waals surface area contributed by atoms with Crippen molar-refractivity contribution in [3.05, 3.63) is 17.5 Å². The number of rotatable bonds is 4. The predicted molar refractivity (Wildman–Crippen MR) is 82.4 cm³/mol. The van der Waals surface area contributed by atoms with Gasteiger partial charge in [0.05, 0.1) is 30.3 Å². The number of carbonyl (C=O) groups excluding carboxylic acids is 2. The van der Waals surface area contributed by atoms with Crippen molar-refractivity contribution in [1.82, 2.24) is 15.5 Å². The minimum absolute atomic E-state index is 0.0691. The number of nitrogens with zero attached hydrogens (tertiary/aromatic N) is 1. The summed E-state index contributed by atoms with van der Waals surface area (Å²) in [5.41, 5.74) is 1.47. The van der Waals surface area contributed by atoms with Crippen LogP contribution in [0.15, 0.2) is 6.07 Å². The number of aromatic amines is 1. The Labute approximate surface area is 135 Å². The zero-order chi connectivity index (χ0) is 15.9. The summed E-state index contributed by atoms with van der Waals surface area (Å²) in [4.78, 5) is 24.4. The van der Waals surface area contributed by atoms with E-state index < -0.39 is 5.60 Å². The Morgan fingerprint density at radius 3 is 2.87 bits per heavy atom. The van der Waals surface area contributed by atoms with E-state index in [1.807, 2.05) is 6.07 Å². The zero-order valence-electron chi connectivity index (χ0n) is 13.3. The molecule has 1 aliphatic heterocycles. The number of aromatic nitrogens is 2. The summed E-state index contributed by atoms with van der Waals surface area (Å²) in [6.07, 6.45) is 7.47. The van der Waals surface area contributed by atoms with Crippen LogP contribution in [0, 0.1) is 5.92 Å². The van der Waals surface area contributed by atoms with Crippen molar-refractivity contribution in [2.45, 2.75) is 69.4 Å². The van der Waals surface area contributed by atoms with E-state index in [4.69, 9.17) is 4.74 Å². The highest BCUT2D eigenvalue weighted by molar-refractivity contribution is 5.87. The quantitative estimate of drug-likeness (QED) is 0.834. The van der Waals surface area contributed by atoms with E-state index in [0.717, 1.165) is 43.5 Å². The maximum Gasteiger partial charge on any atom is 0.307 e. The molecule has 2 aliphatic carbocycles. The molecular weight excluding hydrogens is 294 g/mol. The van der Waals surface area contributed by atoms with Crippen molar-refractivity contribution in [3.8, 4) is 0 Å². The van der Waals surface area contributed by atoms with Gasteiger partial charge in [0.1, 0.15) is 5.60 Å². The van der Waals surface area contributed by atoms with Crippen LogP contribution in [0.1, 0.15) is 68.7 Å². The highest BCUT2D eigenvalue weighted by atomic mass is 16.6. The van der Waals surface area contributed by atoms with E-state index in [2.05, 4.69) is 15.5 Å². The lowest BCUT2D eigenvalue weighted by molar-refractivity contribution is -0.153. The lowest BCUT2D eigenvalue weighted by Gasteiger charge is -2.35. The second-order valence-electron chi connectivity index (χ2n) is 7.17. The molecule has 3 aliphatic rings. The fourth-order valence-corrected chi connectivity index (χ4v) is 3.99. The molecule has 6 heteroatoms. The van der Waals surface area contributed by atoms with Crippen LogP contribution in [0.4, 0.5) is 0 Å². The summed E-state index contributed by atoms with van der Waals surface area (Å²) >= 11 is 0. The van der Waals surface area contributed by atoms with E-state index in [1.165, 1.54) is 12.8 Å². The van der Waals surface area contributed by atoms with Gasteiger partial charge in [0.2, 0.25) is 5.91 Å². The van der Waals surface area contributed by atoms with Crippen LogP contribution in [0.3, 0.4) is 0 Å². The topological polar surface area (TPSA) is 84.1 Å². The summed E-state index contributed by atoms with van der Waals surface area (Å²) < 4.78 is 5.60. The number of ether oxygens (including phenoxy) is 1. The minimum Gasteiger partial charge on any atom is -0.458 e. The van der Waals surface area contributed by atoms with Gasteiger partial charge >= 0.3 is 5.97 Å². The number of amides is 1. The molecule has 3 fully saturated rings. The fourth-order valence-electron chi connectivity index (χ4n) is 3.99. The molecule has 0 aromatic carbocycles. The SMILES string of the molecule is O=C1CC(C(=O)NCc2cc(C3CC3)n[nH]2)C2(CCCCC2)O1. The molecule has 6 nitrogen and oxygen atoms in total. The number of hydrogen-bond acceptors (Lipinski definition) is 4. The molecular formula is C17H23N3O3. The van der Waals surface area contributed by atoms with Gasteiger partial charge in [-0.05, 0) is 44.6 Å². The van der Waals surface area contributed by atoms with Crippen LogP contribution in [0.5, 0.6) is 0 Å². The Bertz CT molecular complexity index is 614. The van der Waals surface area contributed by atoms with Crippen LogP contribution in [0.2, 0.25) is 0 Å². The monoisotopic (exact) mass is 317 g/mol. The van der Waals surface area contributed by atoms with E-state index in [1.54, 1.807) is 0 Å². The third kappa shape index (κ3) is 2.86. The second-order valence-corrected chi connectivity index (χ2v) is 7.17. The Balaban J connectivity index is 1.39. The van der Waals surface area contributed by atoms with Crippen LogP contribution >= 0.6 is 0 Å². The van der Waals surface area contributed by atoms with Gasteiger partial charge < -0.3 is 10.1 Å². The predicted octanol–water partition coefficient (Wildman–Crippen LogP) is 2.17. The first-order valence-electron chi connectivity index (χ1n) is 8.70. The van der Waals surface area contributed by atoms with Crippen molar-refractivity contribution >= 4 is 11.9 Å². The van der Waals surface area contributed by atoms with Crippen LogP contribution in [-0.4, -0.2) is 27.7 Å². The summed E-state index contributed by atoms with van der Waals surface area (Å²) in [5, 5.41) is 10.2. The molecule has 124 valence electrons. The third-order valence-electron chi connectivity index (χ3n) is 5.44. The van der Waals surface area contributed by atoms with Crippen LogP contribution < -0.4 is 5.32 Å². The molecule has 4 rings (SSSR count). The number of nitrogens with one attached hydrogen (secondary N) is 2. The molecule has 1 amide bonds. The van der Waals surface area contributed by atoms with Gasteiger partial charge in [-0.1, -0.05) is 6.42 Å². The first-order valence-corrected chi connectivity index (χ1v) is 8.70. The van der Waals surface area contributed by atoms with Crippen molar-refractivity contribution in [2.24, 2.45) is 5.92 Å². The largest absolute Gasteiger partial charge is 0.458 e. The first-order chi connectivity index (χ1) is 11.2. The first kappa shape index (κ1) is 14.7. The van der Waals surface area contributed by atoms with Crippen molar-refractivity contribution in [1.29, 1.82) is 0 Å². The average molecular weight is 317 g/mol. The molecule has 0 radical (unpaired) electrons.